The number of benzene rings is 2. The van der Waals surface area contributed by atoms with Gasteiger partial charge in [0.05, 0.1) is 0 Å². The smallest absolute Gasteiger partial charge is 0.223 e. The van der Waals surface area contributed by atoms with Crippen LogP contribution in [0.5, 0.6) is 0 Å². The average Bonchev–Trinajstić information content (AvgIpc) is 2.81. The van der Waals surface area contributed by atoms with Crippen molar-refractivity contribution in [3.63, 3.8) is 0 Å². The van der Waals surface area contributed by atoms with Gasteiger partial charge in [-0.15, -0.1) is 0 Å². The molecule has 2 aromatic rings. The molecule has 3 rings (SSSR count). The maximum atomic E-state index is 13.8. The van der Waals surface area contributed by atoms with Crippen LogP contribution in [-0.2, 0) is 4.74 Å². The first kappa shape index (κ1) is 12.8. The van der Waals surface area contributed by atoms with Gasteiger partial charge < -0.3 is 4.74 Å². The normalized spacial score (nSPS) is 21.4. The van der Waals surface area contributed by atoms with Crippen LogP contribution in [0.4, 0.5) is 8.78 Å². The molecule has 4 heteroatoms. The molecule has 20 heavy (non-hydrogen) atoms. The Kier molecular flexibility index (Phi) is 3.22. The summed E-state index contributed by atoms with van der Waals surface area (Å²) in [6.45, 7) is 1.84. The van der Waals surface area contributed by atoms with E-state index in [9.17, 15) is 8.78 Å². The van der Waals surface area contributed by atoms with E-state index in [1.54, 1.807) is 0 Å². The standard InChI is InChI=1S/C16H13F2NO/c1-10-15(11-6-3-2-4-7-11)19-16(20-10)14-12(17)8-5-9-13(14)18/h2-10,15H,1H3. The Balaban J connectivity index is 2.01. The van der Waals surface area contributed by atoms with Gasteiger partial charge in [-0.05, 0) is 24.6 Å². The summed E-state index contributed by atoms with van der Waals surface area (Å²) in [6, 6.07) is 13.0. The van der Waals surface area contributed by atoms with Gasteiger partial charge in [-0.25, -0.2) is 13.8 Å². The Bertz CT molecular complexity index is 635. The molecule has 102 valence electrons. The molecule has 0 spiro atoms. The number of ether oxygens (including phenoxy) is 1. The highest BCUT2D eigenvalue weighted by Gasteiger charge is 2.31. The molecular weight excluding hydrogens is 260 g/mol. The second-order valence-electron chi connectivity index (χ2n) is 4.71. The van der Waals surface area contributed by atoms with Crippen LogP contribution in [0.2, 0.25) is 0 Å². The van der Waals surface area contributed by atoms with Crippen LogP contribution in [0.3, 0.4) is 0 Å². The molecular formula is C16H13F2NO. The van der Waals surface area contributed by atoms with Crippen LogP contribution in [0.25, 0.3) is 0 Å². The van der Waals surface area contributed by atoms with Crippen LogP contribution >= 0.6 is 0 Å². The number of rotatable bonds is 2. The Hall–Kier alpha value is -2.23. The highest BCUT2D eigenvalue weighted by molar-refractivity contribution is 5.96. The Labute approximate surface area is 115 Å². The van der Waals surface area contributed by atoms with E-state index in [0.29, 0.717) is 0 Å². The largest absolute Gasteiger partial charge is 0.472 e. The van der Waals surface area contributed by atoms with Crippen LogP contribution in [0, 0.1) is 11.6 Å². The highest BCUT2D eigenvalue weighted by atomic mass is 19.1. The number of nitrogens with zero attached hydrogens (tertiary/aromatic N) is 1. The van der Waals surface area contributed by atoms with Gasteiger partial charge in [0.2, 0.25) is 5.90 Å². The predicted octanol–water partition coefficient (Wildman–Crippen LogP) is 3.87. The average molecular weight is 273 g/mol. The number of hydrogen-bond acceptors (Lipinski definition) is 2. The molecule has 0 N–H and O–H groups in total. The zero-order valence-corrected chi connectivity index (χ0v) is 10.9. The maximum absolute atomic E-state index is 13.8. The van der Waals surface area contributed by atoms with Crippen LogP contribution in [-0.4, -0.2) is 12.0 Å². The first-order valence-electron chi connectivity index (χ1n) is 6.40. The molecule has 1 heterocycles. The van der Waals surface area contributed by atoms with E-state index in [2.05, 4.69) is 4.99 Å². The monoisotopic (exact) mass is 273 g/mol. The summed E-state index contributed by atoms with van der Waals surface area (Å²) >= 11 is 0. The molecule has 0 saturated carbocycles. The minimum absolute atomic E-state index is 0.0296. The molecule has 0 radical (unpaired) electrons. The number of hydrogen-bond donors (Lipinski definition) is 0. The van der Waals surface area contributed by atoms with Crippen LogP contribution in [0.1, 0.15) is 24.1 Å². The fraction of sp³-hybridized carbons (Fsp3) is 0.188. The van der Waals surface area contributed by atoms with Crippen molar-refractivity contribution in [2.24, 2.45) is 4.99 Å². The third-order valence-electron chi connectivity index (χ3n) is 3.32. The molecule has 2 unspecified atom stereocenters. The van der Waals surface area contributed by atoms with E-state index < -0.39 is 11.6 Å². The van der Waals surface area contributed by atoms with E-state index in [1.807, 2.05) is 37.3 Å². The lowest BCUT2D eigenvalue weighted by atomic mass is 10.0. The summed E-state index contributed by atoms with van der Waals surface area (Å²) in [6.07, 6.45) is -0.258. The zero-order valence-electron chi connectivity index (χ0n) is 10.9. The third kappa shape index (κ3) is 2.18. The van der Waals surface area contributed by atoms with Gasteiger partial charge in [0, 0.05) is 0 Å². The van der Waals surface area contributed by atoms with Gasteiger partial charge in [0.25, 0.3) is 0 Å². The molecule has 0 amide bonds. The third-order valence-corrected chi connectivity index (χ3v) is 3.32. The molecule has 0 fully saturated rings. The molecule has 2 aromatic carbocycles. The van der Waals surface area contributed by atoms with Crippen molar-refractivity contribution in [1.82, 2.24) is 0 Å². The van der Waals surface area contributed by atoms with Crippen molar-refractivity contribution in [1.29, 1.82) is 0 Å². The Morgan fingerprint density at radius 2 is 1.60 bits per heavy atom. The molecule has 2 atom stereocenters. The number of halogens is 2. The fourth-order valence-corrected chi connectivity index (χ4v) is 2.32. The SMILES string of the molecule is CC1OC(c2c(F)cccc2F)=NC1c1ccccc1. The topological polar surface area (TPSA) is 21.6 Å². The minimum atomic E-state index is -0.662. The summed E-state index contributed by atoms with van der Waals surface area (Å²) in [5, 5.41) is 0. The molecule has 0 aliphatic carbocycles. The zero-order chi connectivity index (χ0) is 14.1. The maximum Gasteiger partial charge on any atom is 0.223 e. The van der Waals surface area contributed by atoms with E-state index in [0.717, 1.165) is 5.56 Å². The van der Waals surface area contributed by atoms with Crippen molar-refractivity contribution < 1.29 is 13.5 Å². The lowest BCUT2D eigenvalue weighted by Gasteiger charge is -2.12. The van der Waals surface area contributed by atoms with Gasteiger partial charge >= 0.3 is 0 Å². The molecule has 0 aromatic heterocycles. The van der Waals surface area contributed by atoms with E-state index >= 15 is 0 Å². The quantitative estimate of drug-likeness (QED) is 0.814. The lowest BCUT2D eigenvalue weighted by molar-refractivity contribution is 0.213. The second kappa shape index (κ2) is 5.04. The van der Waals surface area contributed by atoms with Crippen molar-refractivity contribution in [2.75, 3.05) is 0 Å². The summed E-state index contributed by atoms with van der Waals surface area (Å²) < 4.78 is 33.1. The molecule has 0 saturated heterocycles. The summed E-state index contributed by atoms with van der Waals surface area (Å²) in [7, 11) is 0. The first-order valence-corrected chi connectivity index (χ1v) is 6.40. The molecule has 0 bridgehead atoms. The van der Waals surface area contributed by atoms with Crippen molar-refractivity contribution in [2.45, 2.75) is 19.1 Å². The number of aliphatic imine (C=N–C) groups is 1. The minimum Gasteiger partial charge on any atom is -0.472 e. The first-order chi connectivity index (χ1) is 9.66. The summed E-state index contributed by atoms with van der Waals surface area (Å²) in [5.41, 5.74) is 0.768. The summed E-state index contributed by atoms with van der Waals surface area (Å²) in [4.78, 5) is 4.35. The van der Waals surface area contributed by atoms with Gasteiger partial charge in [-0.2, -0.15) is 0 Å². The van der Waals surface area contributed by atoms with Gasteiger partial charge in [0.1, 0.15) is 29.3 Å². The van der Waals surface area contributed by atoms with Gasteiger partial charge in [-0.3, -0.25) is 0 Å². The Morgan fingerprint density at radius 1 is 0.950 bits per heavy atom. The van der Waals surface area contributed by atoms with Crippen molar-refractivity contribution in [3.05, 3.63) is 71.3 Å². The highest BCUT2D eigenvalue weighted by Crippen LogP contribution is 2.31. The van der Waals surface area contributed by atoms with Gasteiger partial charge in [0.15, 0.2) is 0 Å². The fourth-order valence-electron chi connectivity index (χ4n) is 2.32. The predicted molar refractivity (Wildman–Crippen MR) is 72.6 cm³/mol. The summed E-state index contributed by atoms with van der Waals surface area (Å²) in [5.74, 6) is -1.30. The molecule has 1 aliphatic heterocycles. The van der Waals surface area contributed by atoms with Crippen molar-refractivity contribution >= 4 is 5.90 Å². The Morgan fingerprint density at radius 3 is 2.25 bits per heavy atom. The molecule has 1 aliphatic rings. The van der Waals surface area contributed by atoms with E-state index in [4.69, 9.17) is 4.74 Å². The van der Waals surface area contributed by atoms with E-state index in [1.165, 1.54) is 18.2 Å². The molecule has 2 nitrogen and oxygen atoms in total. The van der Waals surface area contributed by atoms with Crippen molar-refractivity contribution in [3.8, 4) is 0 Å². The van der Waals surface area contributed by atoms with Gasteiger partial charge in [-0.1, -0.05) is 36.4 Å². The van der Waals surface area contributed by atoms with Crippen LogP contribution in [0.15, 0.2) is 53.5 Å². The van der Waals surface area contributed by atoms with E-state index in [-0.39, 0.29) is 23.6 Å². The van der Waals surface area contributed by atoms with Crippen LogP contribution < -0.4 is 0 Å². The lowest BCUT2D eigenvalue weighted by Crippen LogP contribution is -2.14. The second-order valence-corrected chi connectivity index (χ2v) is 4.71.